The first-order chi connectivity index (χ1) is 8.15. The molecule has 0 atom stereocenters. The van der Waals surface area contributed by atoms with E-state index in [1.165, 1.54) is 7.11 Å². The summed E-state index contributed by atoms with van der Waals surface area (Å²) in [6.07, 6.45) is 1.15. The van der Waals surface area contributed by atoms with E-state index in [2.05, 4.69) is 4.98 Å². The summed E-state index contributed by atoms with van der Waals surface area (Å²) in [5, 5.41) is 8.98. The number of benzene rings is 1. The lowest BCUT2D eigenvalue weighted by Gasteiger charge is -2.09. The fraction of sp³-hybridized carbons (Fsp3) is 0.0909. The predicted octanol–water partition coefficient (Wildman–Crippen LogP) is 0.872. The standard InChI is InChI=1S/C11H10N2O4/c1-17-9-5-3-2-4-7(9)13-8(10(14)15)6-12-11(13)16/h2-6H,1H3,(H,12,16)(H,14,15). The van der Waals surface area contributed by atoms with E-state index in [9.17, 15) is 9.59 Å². The molecular formula is C11H10N2O4. The van der Waals surface area contributed by atoms with Crippen LogP contribution in [0.25, 0.3) is 5.69 Å². The van der Waals surface area contributed by atoms with Crippen LogP contribution in [0.4, 0.5) is 0 Å². The van der Waals surface area contributed by atoms with Crippen LogP contribution in [0.5, 0.6) is 5.75 Å². The molecule has 1 heterocycles. The number of aromatic nitrogens is 2. The van der Waals surface area contributed by atoms with Crippen LogP contribution in [0.15, 0.2) is 35.3 Å². The van der Waals surface area contributed by atoms with Gasteiger partial charge in [-0.05, 0) is 12.1 Å². The molecule has 2 rings (SSSR count). The number of H-pyrrole nitrogens is 1. The predicted molar refractivity (Wildman–Crippen MR) is 59.9 cm³/mol. The Morgan fingerprint density at radius 2 is 2.12 bits per heavy atom. The number of nitrogens with zero attached hydrogens (tertiary/aromatic N) is 1. The van der Waals surface area contributed by atoms with Crippen molar-refractivity contribution in [2.24, 2.45) is 0 Å². The molecule has 0 aliphatic rings. The number of carboxylic acid groups (broad SMARTS) is 1. The van der Waals surface area contributed by atoms with E-state index in [4.69, 9.17) is 9.84 Å². The molecule has 1 aromatic heterocycles. The van der Waals surface area contributed by atoms with Gasteiger partial charge in [0.25, 0.3) is 0 Å². The maximum atomic E-state index is 11.6. The van der Waals surface area contributed by atoms with E-state index in [1.807, 2.05) is 0 Å². The lowest BCUT2D eigenvalue weighted by Crippen LogP contribution is -2.19. The van der Waals surface area contributed by atoms with Crippen molar-refractivity contribution in [2.45, 2.75) is 0 Å². The molecule has 2 N–H and O–H groups in total. The molecular weight excluding hydrogens is 224 g/mol. The normalized spacial score (nSPS) is 10.2. The first-order valence-corrected chi connectivity index (χ1v) is 4.82. The molecule has 1 aromatic carbocycles. The summed E-state index contributed by atoms with van der Waals surface area (Å²) in [5.41, 5.74) is -0.273. The van der Waals surface area contributed by atoms with Crippen molar-refractivity contribution in [1.29, 1.82) is 0 Å². The molecule has 0 fully saturated rings. The average molecular weight is 234 g/mol. The number of rotatable bonds is 3. The highest BCUT2D eigenvalue weighted by Crippen LogP contribution is 2.21. The molecule has 0 radical (unpaired) electrons. The summed E-state index contributed by atoms with van der Waals surface area (Å²) < 4.78 is 6.15. The Kier molecular flexibility index (Phi) is 2.70. The van der Waals surface area contributed by atoms with Gasteiger partial charge in [-0.3, -0.25) is 4.57 Å². The van der Waals surface area contributed by atoms with Crippen molar-refractivity contribution >= 4 is 5.97 Å². The van der Waals surface area contributed by atoms with Crippen LogP contribution in [0.3, 0.4) is 0 Å². The zero-order valence-corrected chi connectivity index (χ0v) is 9.01. The van der Waals surface area contributed by atoms with Crippen molar-refractivity contribution in [3.63, 3.8) is 0 Å². The highest BCUT2D eigenvalue weighted by molar-refractivity contribution is 5.86. The minimum absolute atomic E-state index is 0.139. The topological polar surface area (TPSA) is 84.3 Å². The molecule has 0 unspecified atom stereocenters. The lowest BCUT2D eigenvalue weighted by atomic mass is 10.3. The van der Waals surface area contributed by atoms with E-state index in [1.54, 1.807) is 24.3 Å². The van der Waals surface area contributed by atoms with Crippen molar-refractivity contribution in [3.05, 3.63) is 46.6 Å². The number of nitrogens with one attached hydrogen (secondary N) is 1. The third kappa shape index (κ3) is 1.80. The Morgan fingerprint density at radius 1 is 1.41 bits per heavy atom. The molecule has 6 heteroatoms. The van der Waals surface area contributed by atoms with E-state index in [0.29, 0.717) is 11.4 Å². The van der Waals surface area contributed by atoms with E-state index >= 15 is 0 Å². The summed E-state index contributed by atoms with van der Waals surface area (Å²) >= 11 is 0. The number of hydrogen-bond donors (Lipinski definition) is 2. The van der Waals surface area contributed by atoms with Gasteiger partial charge in [0, 0.05) is 6.20 Å². The fourth-order valence-corrected chi connectivity index (χ4v) is 1.58. The molecule has 0 saturated carbocycles. The maximum absolute atomic E-state index is 11.6. The van der Waals surface area contributed by atoms with Gasteiger partial charge in [0.2, 0.25) is 0 Å². The van der Waals surface area contributed by atoms with Crippen LogP contribution in [0.1, 0.15) is 10.5 Å². The third-order valence-corrected chi connectivity index (χ3v) is 2.32. The second kappa shape index (κ2) is 4.17. The second-order valence-corrected chi connectivity index (χ2v) is 3.29. The van der Waals surface area contributed by atoms with Gasteiger partial charge in [-0.2, -0.15) is 0 Å². The Bertz CT molecular complexity index is 612. The number of methoxy groups -OCH3 is 1. The number of imidazole rings is 1. The van der Waals surface area contributed by atoms with Gasteiger partial charge in [-0.1, -0.05) is 12.1 Å². The Hall–Kier alpha value is -2.50. The first kappa shape index (κ1) is 11.0. The SMILES string of the molecule is COc1ccccc1-n1c(C(=O)O)c[nH]c1=O. The minimum Gasteiger partial charge on any atom is -0.495 e. The first-order valence-electron chi connectivity index (χ1n) is 4.82. The average Bonchev–Trinajstić information content (AvgIpc) is 2.71. The van der Waals surface area contributed by atoms with Crippen molar-refractivity contribution in [2.75, 3.05) is 7.11 Å². The number of ether oxygens (including phenoxy) is 1. The van der Waals surface area contributed by atoms with Gasteiger partial charge in [0.05, 0.1) is 12.8 Å². The molecule has 17 heavy (non-hydrogen) atoms. The van der Waals surface area contributed by atoms with Crippen LogP contribution >= 0.6 is 0 Å². The van der Waals surface area contributed by atoms with Gasteiger partial charge in [-0.15, -0.1) is 0 Å². The zero-order valence-electron chi connectivity index (χ0n) is 9.01. The number of carbonyl (C=O) groups is 1. The van der Waals surface area contributed by atoms with Crippen LogP contribution in [0, 0.1) is 0 Å². The van der Waals surface area contributed by atoms with Crippen LogP contribution in [-0.4, -0.2) is 27.7 Å². The Labute approximate surface area is 96.1 Å². The maximum Gasteiger partial charge on any atom is 0.354 e. The van der Waals surface area contributed by atoms with Crippen LogP contribution in [-0.2, 0) is 0 Å². The van der Waals surface area contributed by atoms with E-state index < -0.39 is 11.7 Å². The van der Waals surface area contributed by atoms with Crippen molar-refractivity contribution < 1.29 is 14.6 Å². The van der Waals surface area contributed by atoms with Crippen LogP contribution in [0.2, 0.25) is 0 Å². The Morgan fingerprint density at radius 3 is 2.76 bits per heavy atom. The number of aromatic amines is 1. The van der Waals surface area contributed by atoms with Crippen molar-refractivity contribution in [3.8, 4) is 11.4 Å². The minimum atomic E-state index is -1.19. The Balaban J connectivity index is 2.72. The molecule has 88 valence electrons. The zero-order chi connectivity index (χ0) is 12.4. The molecule has 2 aromatic rings. The van der Waals surface area contributed by atoms with Gasteiger partial charge in [0.15, 0.2) is 5.69 Å². The fourth-order valence-electron chi connectivity index (χ4n) is 1.58. The quantitative estimate of drug-likeness (QED) is 0.825. The summed E-state index contributed by atoms with van der Waals surface area (Å²) in [6.45, 7) is 0. The molecule has 0 saturated heterocycles. The lowest BCUT2D eigenvalue weighted by molar-refractivity contribution is 0.0688. The number of carboxylic acids is 1. The van der Waals surface area contributed by atoms with Crippen molar-refractivity contribution in [1.82, 2.24) is 9.55 Å². The highest BCUT2D eigenvalue weighted by atomic mass is 16.5. The summed E-state index contributed by atoms with van der Waals surface area (Å²) in [7, 11) is 1.46. The molecule has 0 aliphatic heterocycles. The number of aromatic carboxylic acids is 1. The largest absolute Gasteiger partial charge is 0.495 e. The molecule has 0 spiro atoms. The molecule has 6 nitrogen and oxygen atoms in total. The summed E-state index contributed by atoms with van der Waals surface area (Å²) in [6, 6.07) is 6.70. The number of hydrogen-bond acceptors (Lipinski definition) is 3. The monoisotopic (exact) mass is 234 g/mol. The molecule has 0 aliphatic carbocycles. The van der Waals surface area contributed by atoms with Gasteiger partial charge in [-0.25, -0.2) is 9.59 Å². The smallest absolute Gasteiger partial charge is 0.354 e. The molecule has 0 amide bonds. The van der Waals surface area contributed by atoms with E-state index in [0.717, 1.165) is 10.8 Å². The second-order valence-electron chi connectivity index (χ2n) is 3.29. The van der Waals surface area contributed by atoms with Gasteiger partial charge >= 0.3 is 11.7 Å². The van der Waals surface area contributed by atoms with Gasteiger partial charge in [0.1, 0.15) is 5.75 Å². The highest BCUT2D eigenvalue weighted by Gasteiger charge is 2.16. The van der Waals surface area contributed by atoms with E-state index in [-0.39, 0.29) is 5.69 Å². The summed E-state index contributed by atoms with van der Waals surface area (Å²) in [4.78, 5) is 24.9. The summed E-state index contributed by atoms with van der Waals surface area (Å²) in [5.74, 6) is -0.758. The number of para-hydroxylation sites is 2. The third-order valence-electron chi connectivity index (χ3n) is 2.32. The molecule has 0 bridgehead atoms. The van der Waals surface area contributed by atoms with Gasteiger partial charge < -0.3 is 14.8 Å². The van der Waals surface area contributed by atoms with Crippen LogP contribution < -0.4 is 10.4 Å².